The van der Waals surface area contributed by atoms with Crippen molar-refractivity contribution < 1.29 is 14.3 Å². The Balaban J connectivity index is 2.26. The molecule has 0 spiro atoms. The molecule has 0 unspecified atom stereocenters. The maximum absolute atomic E-state index is 12.5. The minimum absolute atomic E-state index is 0.00325. The fourth-order valence-corrected chi connectivity index (χ4v) is 3.09. The first-order chi connectivity index (χ1) is 13.5. The van der Waals surface area contributed by atoms with Crippen LogP contribution in [0.15, 0.2) is 65.2 Å². The molecule has 2 aromatic carbocycles. The summed E-state index contributed by atoms with van der Waals surface area (Å²) in [7, 11) is 1.52. The summed E-state index contributed by atoms with van der Waals surface area (Å²) >= 11 is 3.44. The third-order valence-corrected chi connectivity index (χ3v) is 4.51. The Hall–Kier alpha value is -3.04. The second-order valence-electron chi connectivity index (χ2n) is 5.91. The highest BCUT2D eigenvalue weighted by Gasteiger charge is 2.15. The molecule has 1 atom stereocenters. The van der Waals surface area contributed by atoms with Gasteiger partial charge in [-0.1, -0.05) is 43.0 Å². The Kier molecular flexibility index (Phi) is 7.85. The van der Waals surface area contributed by atoms with Crippen LogP contribution < -0.4 is 14.8 Å². The van der Waals surface area contributed by atoms with Crippen molar-refractivity contribution in [3.8, 4) is 17.6 Å². The van der Waals surface area contributed by atoms with Crippen LogP contribution in [0.5, 0.6) is 11.5 Å². The number of amides is 1. The number of benzene rings is 2. The zero-order chi connectivity index (χ0) is 20.5. The van der Waals surface area contributed by atoms with E-state index in [1.54, 1.807) is 18.2 Å². The van der Waals surface area contributed by atoms with E-state index in [0.29, 0.717) is 28.1 Å². The van der Waals surface area contributed by atoms with E-state index >= 15 is 0 Å². The highest BCUT2D eigenvalue weighted by Crippen LogP contribution is 2.37. The molecule has 0 bridgehead atoms. The molecule has 0 aliphatic carbocycles. The standard InChI is InChI=1S/C22H21BrN2O3/c1-4-10-28-21-19(23)12-16(13-20(21)27-3)11-18(14-24)22(26)25-15(2)17-8-6-5-7-9-17/h4-9,11-13,15H,1,10H2,2-3H3,(H,25,26)/b18-11-/t15-/m1/s1. The van der Waals surface area contributed by atoms with Gasteiger partial charge in [-0.05, 0) is 52.2 Å². The van der Waals surface area contributed by atoms with Gasteiger partial charge in [0, 0.05) is 0 Å². The Labute approximate surface area is 173 Å². The number of carbonyl (C=O) groups excluding carboxylic acids is 1. The number of ether oxygens (including phenoxy) is 2. The fraction of sp³-hybridized carbons (Fsp3) is 0.182. The number of halogens is 1. The first kappa shape index (κ1) is 21.3. The quantitative estimate of drug-likeness (QED) is 0.363. The van der Waals surface area contributed by atoms with E-state index in [0.717, 1.165) is 5.56 Å². The van der Waals surface area contributed by atoms with Gasteiger partial charge in [0.05, 0.1) is 17.6 Å². The van der Waals surface area contributed by atoms with Gasteiger partial charge in [0.15, 0.2) is 11.5 Å². The number of methoxy groups -OCH3 is 1. The van der Waals surface area contributed by atoms with Crippen LogP contribution in [-0.2, 0) is 4.79 Å². The maximum Gasteiger partial charge on any atom is 0.262 e. The SMILES string of the molecule is C=CCOc1c(Br)cc(/C=C(/C#N)C(=O)N[C@H](C)c2ccccc2)cc1OC. The molecule has 0 fully saturated rings. The van der Waals surface area contributed by atoms with Gasteiger partial charge in [0.2, 0.25) is 0 Å². The number of rotatable bonds is 8. The van der Waals surface area contributed by atoms with Gasteiger partial charge in [0.25, 0.3) is 5.91 Å². The fourth-order valence-electron chi connectivity index (χ4n) is 2.52. The van der Waals surface area contributed by atoms with Crippen molar-refractivity contribution in [1.29, 1.82) is 5.26 Å². The number of nitrogens with one attached hydrogen (secondary N) is 1. The molecule has 0 saturated heterocycles. The molecule has 144 valence electrons. The summed E-state index contributed by atoms with van der Waals surface area (Å²) < 4.78 is 11.6. The number of nitrogens with zero attached hydrogens (tertiary/aromatic N) is 1. The molecule has 0 radical (unpaired) electrons. The van der Waals surface area contributed by atoms with Crippen molar-refractivity contribution in [2.75, 3.05) is 13.7 Å². The molecular formula is C22H21BrN2O3. The number of hydrogen-bond acceptors (Lipinski definition) is 4. The highest BCUT2D eigenvalue weighted by molar-refractivity contribution is 9.10. The number of hydrogen-bond donors (Lipinski definition) is 1. The van der Waals surface area contributed by atoms with E-state index in [-0.39, 0.29) is 11.6 Å². The molecule has 2 aromatic rings. The molecule has 1 amide bonds. The zero-order valence-electron chi connectivity index (χ0n) is 15.7. The average molecular weight is 441 g/mol. The molecule has 0 aliphatic rings. The molecule has 28 heavy (non-hydrogen) atoms. The summed E-state index contributed by atoms with van der Waals surface area (Å²) in [5, 5.41) is 12.3. The summed E-state index contributed by atoms with van der Waals surface area (Å²) in [4.78, 5) is 12.5. The van der Waals surface area contributed by atoms with Crippen molar-refractivity contribution >= 4 is 27.9 Å². The molecule has 0 heterocycles. The first-order valence-electron chi connectivity index (χ1n) is 8.59. The lowest BCUT2D eigenvalue weighted by atomic mass is 10.1. The van der Waals surface area contributed by atoms with Gasteiger partial charge in [-0.2, -0.15) is 5.26 Å². The summed E-state index contributed by atoms with van der Waals surface area (Å²) in [5.41, 5.74) is 1.59. The third-order valence-electron chi connectivity index (χ3n) is 3.92. The summed E-state index contributed by atoms with van der Waals surface area (Å²) in [6, 6.07) is 14.8. The average Bonchev–Trinajstić information content (AvgIpc) is 2.71. The molecule has 0 aromatic heterocycles. The van der Waals surface area contributed by atoms with E-state index in [9.17, 15) is 10.1 Å². The smallest absolute Gasteiger partial charge is 0.262 e. The van der Waals surface area contributed by atoms with Crippen molar-refractivity contribution in [3.05, 3.63) is 76.3 Å². The Morgan fingerprint density at radius 1 is 1.36 bits per heavy atom. The largest absolute Gasteiger partial charge is 0.493 e. The van der Waals surface area contributed by atoms with E-state index in [4.69, 9.17) is 9.47 Å². The van der Waals surface area contributed by atoms with Crippen molar-refractivity contribution in [2.45, 2.75) is 13.0 Å². The van der Waals surface area contributed by atoms with Gasteiger partial charge in [0.1, 0.15) is 18.2 Å². The zero-order valence-corrected chi connectivity index (χ0v) is 17.3. The predicted octanol–water partition coefficient (Wildman–Crippen LogP) is 4.81. The van der Waals surface area contributed by atoms with Crippen molar-refractivity contribution in [2.24, 2.45) is 0 Å². The van der Waals surface area contributed by atoms with E-state index in [1.807, 2.05) is 43.3 Å². The van der Waals surface area contributed by atoms with Crippen LogP contribution in [-0.4, -0.2) is 19.6 Å². The van der Waals surface area contributed by atoms with Crippen LogP contribution in [0, 0.1) is 11.3 Å². The summed E-state index contributed by atoms with van der Waals surface area (Å²) in [6.45, 7) is 5.82. The maximum atomic E-state index is 12.5. The Morgan fingerprint density at radius 2 is 2.07 bits per heavy atom. The van der Waals surface area contributed by atoms with Gasteiger partial charge in [-0.15, -0.1) is 0 Å². The summed E-state index contributed by atoms with van der Waals surface area (Å²) in [6.07, 6.45) is 3.14. The molecule has 0 saturated carbocycles. The lowest BCUT2D eigenvalue weighted by molar-refractivity contribution is -0.117. The van der Waals surface area contributed by atoms with Gasteiger partial charge in [-0.3, -0.25) is 4.79 Å². The van der Waals surface area contributed by atoms with Crippen molar-refractivity contribution in [1.82, 2.24) is 5.32 Å². The monoisotopic (exact) mass is 440 g/mol. The Morgan fingerprint density at radius 3 is 2.68 bits per heavy atom. The molecule has 1 N–H and O–H groups in total. The predicted molar refractivity (Wildman–Crippen MR) is 113 cm³/mol. The normalized spacial score (nSPS) is 11.9. The topological polar surface area (TPSA) is 71.3 Å². The van der Waals surface area contributed by atoms with Gasteiger partial charge in [-0.25, -0.2) is 0 Å². The second kappa shape index (κ2) is 10.3. The Bertz CT molecular complexity index is 917. The first-order valence-corrected chi connectivity index (χ1v) is 9.38. The molecule has 2 rings (SSSR count). The highest BCUT2D eigenvalue weighted by atomic mass is 79.9. The summed E-state index contributed by atoms with van der Waals surface area (Å²) in [5.74, 6) is 0.568. The van der Waals surface area contributed by atoms with Crippen LogP contribution in [0.4, 0.5) is 0 Å². The third kappa shape index (κ3) is 5.48. The lowest BCUT2D eigenvalue weighted by Crippen LogP contribution is -2.27. The van der Waals surface area contributed by atoms with Crippen LogP contribution in [0.2, 0.25) is 0 Å². The second-order valence-corrected chi connectivity index (χ2v) is 6.76. The van der Waals surface area contributed by atoms with E-state index in [1.165, 1.54) is 13.2 Å². The number of nitriles is 1. The van der Waals surface area contributed by atoms with Gasteiger partial charge >= 0.3 is 0 Å². The minimum Gasteiger partial charge on any atom is -0.493 e. The van der Waals surface area contributed by atoms with E-state index < -0.39 is 5.91 Å². The molecule has 6 heteroatoms. The van der Waals surface area contributed by atoms with Crippen LogP contribution in [0.25, 0.3) is 6.08 Å². The lowest BCUT2D eigenvalue weighted by Gasteiger charge is -2.14. The molecule has 0 aliphatic heterocycles. The number of carbonyl (C=O) groups is 1. The van der Waals surface area contributed by atoms with E-state index in [2.05, 4.69) is 27.8 Å². The van der Waals surface area contributed by atoms with Crippen LogP contribution >= 0.6 is 15.9 Å². The minimum atomic E-state index is -0.444. The van der Waals surface area contributed by atoms with Crippen LogP contribution in [0.1, 0.15) is 24.1 Å². The van der Waals surface area contributed by atoms with Gasteiger partial charge < -0.3 is 14.8 Å². The molecular weight excluding hydrogens is 420 g/mol. The molecule has 5 nitrogen and oxygen atoms in total. The van der Waals surface area contributed by atoms with Crippen LogP contribution in [0.3, 0.4) is 0 Å². The van der Waals surface area contributed by atoms with Crippen molar-refractivity contribution in [3.63, 3.8) is 0 Å².